The van der Waals surface area contributed by atoms with Crippen molar-refractivity contribution in [2.24, 2.45) is 0 Å². The molecule has 1 fully saturated rings. The first-order chi connectivity index (χ1) is 12.2. The molecule has 1 aromatic rings. The molecule has 0 aliphatic carbocycles. The molecule has 1 aromatic carbocycles. The first kappa shape index (κ1) is 18.6. The Hall–Kier alpha value is -2.19. The van der Waals surface area contributed by atoms with Crippen molar-refractivity contribution in [2.75, 3.05) is 30.0 Å². The fraction of sp³-hybridized carbons (Fsp3) is 0.444. The summed E-state index contributed by atoms with van der Waals surface area (Å²) in [7, 11) is -1.83. The Morgan fingerprint density at radius 2 is 2.08 bits per heavy atom. The van der Waals surface area contributed by atoms with Gasteiger partial charge in [0, 0.05) is 24.8 Å². The summed E-state index contributed by atoms with van der Waals surface area (Å²) in [4.78, 5) is 27.7. The molecule has 1 N–H and O–H groups in total. The number of aliphatic hydroxyl groups is 1. The van der Waals surface area contributed by atoms with Gasteiger partial charge in [0.15, 0.2) is 9.84 Å². The van der Waals surface area contributed by atoms with E-state index in [0.29, 0.717) is 12.1 Å². The number of hydrogen-bond donors (Lipinski definition) is 1. The van der Waals surface area contributed by atoms with Gasteiger partial charge in [-0.05, 0) is 42.7 Å². The van der Waals surface area contributed by atoms with Crippen LogP contribution in [0.1, 0.15) is 22.3 Å². The summed E-state index contributed by atoms with van der Waals surface area (Å²) < 4.78 is 23.4. The zero-order valence-electron chi connectivity index (χ0n) is 14.6. The van der Waals surface area contributed by atoms with Crippen molar-refractivity contribution < 1.29 is 23.1 Å². The lowest BCUT2D eigenvalue weighted by atomic mass is 9.98. The van der Waals surface area contributed by atoms with Gasteiger partial charge in [0.25, 0.3) is 5.91 Å². The fourth-order valence-corrected chi connectivity index (χ4v) is 5.45. The second kappa shape index (κ2) is 6.85. The molecule has 7 nitrogen and oxygen atoms in total. The molecule has 0 bridgehead atoms. The number of rotatable bonds is 3. The number of amides is 2. The maximum absolute atomic E-state index is 12.8. The molecule has 2 atom stereocenters. The van der Waals surface area contributed by atoms with Crippen molar-refractivity contribution in [1.29, 1.82) is 0 Å². The number of hydrogen-bond acceptors (Lipinski definition) is 5. The standard InChI is InChI=1S/C18H22N2O5S/c1-3-17(22)20-8-4-5-12-9-13(6-7-14(12)20)18(23)19(2)15-10-26(24,25)11-16(15)21/h3,6-7,9,15-16,21H,1,4-5,8,10-11H2,2H3/t15-,16-/m1/s1. The van der Waals surface area contributed by atoms with E-state index in [1.54, 1.807) is 23.1 Å². The van der Waals surface area contributed by atoms with Gasteiger partial charge in [0.2, 0.25) is 5.91 Å². The monoisotopic (exact) mass is 378 g/mol. The van der Waals surface area contributed by atoms with E-state index in [-0.39, 0.29) is 23.3 Å². The Balaban J connectivity index is 1.85. The molecule has 2 aliphatic rings. The van der Waals surface area contributed by atoms with Crippen molar-refractivity contribution in [3.05, 3.63) is 42.0 Å². The van der Waals surface area contributed by atoms with Crippen LogP contribution in [0.5, 0.6) is 0 Å². The van der Waals surface area contributed by atoms with Crippen molar-refractivity contribution in [3.63, 3.8) is 0 Å². The minimum absolute atomic E-state index is 0.179. The van der Waals surface area contributed by atoms with Gasteiger partial charge in [0.1, 0.15) is 0 Å². The minimum Gasteiger partial charge on any atom is -0.390 e. The average molecular weight is 378 g/mol. The molecule has 0 aromatic heterocycles. The Kier molecular flexibility index (Phi) is 4.90. The Morgan fingerprint density at radius 3 is 2.69 bits per heavy atom. The van der Waals surface area contributed by atoms with Gasteiger partial charge >= 0.3 is 0 Å². The van der Waals surface area contributed by atoms with Crippen LogP contribution in [0.4, 0.5) is 5.69 Å². The third-order valence-corrected chi connectivity index (χ3v) is 6.70. The number of aryl methyl sites for hydroxylation is 1. The molecule has 0 saturated carbocycles. The smallest absolute Gasteiger partial charge is 0.253 e. The normalized spacial score (nSPS) is 24.0. The van der Waals surface area contributed by atoms with Gasteiger partial charge in [0.05, 0.1) is 23.7 Å². The van der Waals surface area contributed by atoms with Gasteiger partial charge in [-0.3, -0.25) is 9.59 Å². The van der Waals surface area contributed by atoms with E-state index in [9.17, 15) is 23.1 Å². The fourth-order valence-electron chi connectivity index (χ4n) is 3.60. The van der Waals surface area contributed by atoms with E-state index in [2.05, 4.69) is 6.58 Å². The number of aliphatic hydroxyl groups excluding tert-OH is 1. The molecular weight excluding hydrogens is 356 g/mol. The molecule has 26 heavy (non-hydrogen) atoms. The Labute approximate surface area is 152 Å². The van der Waals surface area contributed by atoms with Crippen LogP contribution < -0.4 is 4.90 Å². The number of likely N-dealkylation sites (N-methyl/N-ethyl adjacent to an activating group) is 1. The van der Waals surface area contributed by atoms with Gasteiger partial charge in [-0.15, -0.1) is 0 Å². The number of benzene rings is 1. The van der Waals surface area contributed by atoms with Gasteiger partial charge in [-0.2, -0.15) is 0 Å². The van der Waals surface area contributed by atoms with Gasteiger partial charge < -0.3 is 14.9 Å². The third kappa shape index (κ3) is 3.39. The molecule has 0 radical (unpaired) electrons. The summed E-state index contributed by atoms with van der Waals surface area (Å²) in [6.07, 6.45) is 1.73. The summed E-state index contributed by atoms with van der Waals surface area (Å²) in [6, 6.07) is 4.36. The second-order valence-electron chi connectivity index (χ2n) is 6.77. The lowest BCUT2D eigenvalue weighted by Gasteiger charge is -2.30. The zero-order valence-corrected chi connectivity index (χ0v) is 15.4. The van der Waals surface area contributed by atoms with Crippen molar-refractivity contribution in [3.8, 4) is 0 Å². The largest absolute Gasteiger partial charge is 0.390 e. The molecule has 140 valence electrons. The summed E-state index contributed by atoms with van der Waals surface area (Å²) in [5.41, 5.74) is 2.07. The second-order valence-corrected chi connectivity index (χ2v) is 8.92. The average Bonchev–Trinajstić information content (AvgIpc) is 2.91. The van der Waals surface area contributed by atoms with Crippen LogP contribution >= 0.6 is 0 Å². The topological polar surface area (TPSA) is 95.0 Å². The summed E-state index contributed by atoms with van der Waals surface area (Å²) >= 11 is 0. The highest BCUT2D eigenvalue weighted by Crippen LogP contribution is 2.29. The highest BCUT2D eigenvalue weighted by molar-refractivity contribution is 7.91. The predicted octanol–water partition coefficient (Wildman–Crippen LogP) is 0.382. The first-order valence-corrected chi connectivity index (χ1v) is 10.3. The molecule has 0 spiro atoms. The quantitative estimate of drug-likeness (QED) is 0.768. The van der Waals surface area contributed by atoms with E-state index in [0.717, 1.165) is 24.1 Å². The van der Waals surface area contributed by atoms with Gasteiger partial charge in [-0.1, -0.05) is 6.58 Å². The maximum Gasteiger partial charge on any atom is 0.253 e. The molecule has 0 unspecified atom stereocenters. The van der Waals surface area contributed by atoms with Crippen LogP contribution in [-0.4, -0.2) is 67.5 Å². The molecule has 8 heteroatoms. The van der Waals surface area contributed by atoms with Crippen molar-refractivity contribution in [1.82, 2.24) is 4.90 Å². The van der Waals surface area contributed by atoms with Crippen LogP contribution in [0, 0.1) is 0 Å². The molecule has 1 saturated heterocycles. The third-order valence-electron chi connectivity index (χ3n) is 5.00. The number of fused-ring (bicyclic) bond motifs is 1. The first-order valence-electron chi connectivity index (χ1n) is 8.46. The highest BCUT2D eigenvalue weighted by atomic mass is 32.2. The predicted molar refractivity (Wildman–Crippen MR) is 97.9 cm³/mol. The van der Waals surface area contributed by atoms with Crippen LogP contribution in [0.15, 0.2) is 30.9 Å². The lowest BCUT2D eigenvalue weighted by Crippen LogP contribution is -2.44. The summed E-state index contributed by atoms with van der Waals surface area (Å²) in [5, 5.41) is 9.98. The van der Waals surface area contributed by atoms with E-state index in [1.807, 2.05) is 0 Å². The maximum atomic E-state index is 12.8. The van der Waals surface area contributed by atoms with Crippen LogP contribution in [0.3, 0.4) is 0 Å². The van der Waals surface area contributed by atoms with Crippen molar-refractivity contribution in [2.45, 2.75) is 25.0 Å². The molecular formula is C18H22N2O5S. The van der Waals surface area contributed by atoms with Crippen LogP contribution in [0.25, 0.3) is 0 Å². The molecule has 2 amide bonds. The number of carbonyl (C=O) groups excluding carboxylic acids is 2. The Morgan fingerprint density at radius 1 is 1.35 bits per heavy atom. The molecule has 2 aliphatic heterocycles. The zero-order chi connectivity index (χ0) is 19.1. The lowest BCUT2D eigenvalue weighted by molar-refractivity contribution is -0.114. The SMILES string of the molecule is C=CC(=O)N1CCCc2cc(C(=O)N(C)[C@@H]3CS(=O)(=O)C[C@H]3O)ccc21. The molecule has 2 heterocycles. The van der Waals surface area contributed by atoms with Crippen LogP contribution in [-0.2, 0) is 21.1 Å². The van der Waals surface area contributed by atoms with Gasteiger partial charge in [-0.25, -0.2) is 8.42 Å². The number of anilines is 1. The highest BCUT2D eigenvalue weighted by Gasteiger charge is 2.40. The summed E-state index contributed by atoms with van der Waals surface area (Å²) in [6.45, 7) is 4.12. The van der Waals surface area contributed by atoms with Crippen molar-refractivity contribution >= 4 is 27.3 Å². The molecule has 3 rings (SSSR count). The Bertz CT molecular complexity index is 864. The summed E-state index contributed by atoms with van der Waals surface area (Å²) in [5.74, 6) is -1.08. The van der Waals surface area contributed by atoms with E-state index < -0.39 is 22.0 Å². The number of nitrogens with zero attached hydrogens (tertiary/aromatic N) is 2. The van der Waals surface area contributed by atoms with E-state index in [1.165, 1.54) is 18.0 Å². The number of carbonyl (C=O) groups is 2. The van der Waals surface area contributed by atoms with Crippen LogP contribution in [0.2, 0.25) is 0 Å². The minimum atomic E-state index is -3.34. The van der Waals surface area contributed by atoms with E-state index in [4.69, 9.17) is 0 Å². The van der Waals surface area contributed by atoms with E-state index >= 15 is 0 Å². The number of sulfone groups is 1.